The van der Waals surface area contributed by atoms with Crippen LogP contribution in [0.15, 0.2) is 34.8 Å². The number of carbonyl (C=O) groups excluding carboxylic acids is 1. The third-order valence-electron chi connectivity index (χ3n) is 5.90. The lowest BCUT2D eigenvalue weighted by Crippen LogP contribution is -2.33. The van der Waals surface area contributed by atoms with Crippen LogP contribution < -0.4 is 4.90 Å². The Morgan fingerprint density at radius 3 is 2.14 bits per heavy atom. The van der Waals surface area contributed by atoms with Crippen LogP contribution in [0.25, 0.3) is 0 Å². The molecule has 1 unspecified atom stereocenters. The normalized spacial score (nSPS) is 16.5. The first-order valence-corrected chi connectivity index (χ1v) is 11.3. The molecular weight excluding hydrogens is 546 g/mol. The molecule has 1 aliphatic heterocycles. The fraction of sp³-hybridized carbons (Fsp3) is 0.391. The van der Waals surface area contributed by atoms with Gasteiger partial charge in [-0.2, -0.15) is 26.3 Å². The summed E-state index contributed by atoms with van der Waals surface area (Å²) in [6, 6.07) is 3.74. The number of alkyl halides is 6. The molecule has 0 radical (unpaired) electrons. The van der Waals surface area contributed by atoms with Crippen LogP contribution in [-0.2, 0) is 23.7 Å². The van der Waals surface area contributed by atoms with Gasteiger partial charge in [-0.25, -0.2) is 4.79 Å². The number of carbonyl (C=O) groups is 2. The predicted molar refractivity (Wildman–Crippen MR) is 119 cm³/mol. The van der Waals surface area contributed by atoms with Crippen molar-refractivity contribution in [3.63, 3.8) is 0 Å². The minimum atomic E-state index is -5.02. The monoisotopic (exact) mass is 566 g/mol. The highest BCUT2D eigenvalue weighted by Gasteiger charge is 2.38. The van der Waals surface area contributed by atoms with Crippen molar-refractivity contribution in [2.75, 3.05) is 11.4 Å². The molecule has 0 saturated carbocycles. The van der Waals surface area contributed by atoms with E-state index in [0.717, 1.165) is 4.90 Å². The second-order valence-electron chi connectivity index (χ2n) is 8.26. The molecule has 2 aromatic rings. The molecular formula is C23H21BrF6N2O3. The Morgan fingerprint density at radius 1 is 1.09 bits per heavy atom. The Kier molecular flexibility index (Phi) is 7.45. The molecule has 2 aromatic carbocycles. The van der Waals surface area contributed by atoms with E-state index in [0.29, 0.717) is 39.8 Å². The van der Waals surface area contributed by atoms with Gasteiger partial charge in [-0.1, -0.05) is 22.0 Å². The van der Waals surface area contributed by atoms with Gasteiger partial charge < -0.3 is 10.0 Å². The number of anilines is 1. The van der Waals surface area contributed by atoms with Crippen molar-refractivity contribution in [2.45, 2.75) is 51.6 Å². The van der Waals surface area contributed by atoms with Crippen LogP contribution in [0.3, 0.4) is 0 Å². The summed E-state index contributed by atoms with van der Waals surface area (Å²) in [5.41, 5.74) is -1.91. The third-order valence-corrected chi connectivity index (χ3v) is 6.76. The summed E-state index contributed by atoms with van der Waals surface area (Å²) >= 11 is 3.36. The molecule has 1 atom stereocenters. The van der Waals surface area contributed by atoms with Crippen LogP contribution in [0.1, 0.15) is 53.6 Å². The van der Waals surface area contributed by atoms with Crippen molar-refractivity contribution in [1.82, 2.24) is 4.90 Å². The Balaban J connectivity index is 2.13. The van der Waals surface area contributed by atoms with E-state index in [9.17, 15) is 41.0 Å². The second-order valence-corrected chi connectivity index (χ2v) is 9.12. The number of halogens is 7. The van der Waals surface area contributed by atoms with Crippen LogP contribution in [0.5, 0.6) is 0 Å². The van der Waals surface area contributed by atoms with E-state index in [1.165, 1.54) is 11.8 Å². The van der Waals surface area contributed by atoms with Gasteiger partial charge in [0.05, 0.1) is 22.9 Å². The fourth-order valence-corrected chi connectivity index (χ4v) is 4.62. The summed E-state index contributed by atoms with van der Waals surface area (Å²) in [6.07, 6.45) is -10.7. The van der Waals surface area contributed by atoms with Gasteiger partial charge in [0.2, 0.25) is 5.91 Å². The molecule has 0 spiro atoms. The molecule has 0 aliphatic carbocycles. The molecule has 0 aromatic heterocycles. The van der Waals surface area contributed by atoms with Gasteiger partial charge in [-0.15, -0.1) is 0 Å². The Labute approximate surface area is 205 Å². The maximum atomic E-state index is 13.3. The van der Waals surface area contributed by atoms with Crippen LogP contribution in [0.4, 0.5) is 36.8 Å². The molecule has 2 amide bonds. The van der Waals surface area contributed by atoms with Crippen molar-refractivity contribution in [3.05, 3.63) is 62.6 Å². The summed E-state index contributed by atoms with van der Waals surface area (Å²) in [5.74, 6) is -0.573. The smallest absolute Gasteiger partial charge is 0.416 e. The van der Waals surface area contributed by atoms with Crippen LogP contribution in [0, 0.1) is 6.92 Å². The zero-order valence-electron chi connectivity index (χ0n) is 18.6. The highest BCUT2D eigenvalue weighted by molar-refractivity contribution is 9.10. The summed E-state index contributed by atoms with van der Waals surface area (Å²) in [7, 11) is 0. The minimum absolute atomic E-state index is 0.0359. The highest BCUT2D eigenvalue weighted by atomic mass is 79.9. The highest BCUT2D eigenvalue weighted by Crippen LogP contribution is 2.42. The van der Waals surface area contributed by atoms with Gasteiger partial charge in [0.25, 0.3) is 0 Å². The number of carboxylic acid groups (broad SMARTS) is 1. The molecule has 12 heteroatoms. The van der Waals surface area contributed by atoms with Gasteiger partial charge in [-0.3, -0.25) is 9.69 Å². The van der Waals surface area contributed by atoms with Crippen molar-refractivity contribution in [2.24, 2.45) is 0 Å². The van der Waals surface area contributed by atoms with Gasteiger partial charge in [0.15, 0.2) is 0 Å². The van der Waals surface area contributed by atoms with Crippen LogP contribution >= 0.6 is 15.9 Å². The number of nitrogens with zero attached hydrogens (tertiary/aromatic N) is 2. The molecule has 3 rings (SSSR count). The maximum Gasteiger partial charge on any atom is 0.416 e. The zero-order valence-corrected chi connectivity index (χ0v) is 20.2. The van der Waals surface area contributed by atoms with Crippen molar-refractivity contribution in [1.29, 1.82) is 0 Å². The van der Waals surface area contributed by atoms with Gasteiger partial charge >= 0.3 is 18.4 Å². The average molecular weight is 567 g/mol. The summed E-state index contributed by atoms with van der Waals surface area (Å²) < 4.78 is 80.6. The summed E-state index contributed by atoms with van der Waals surface area (Å²) in [5, 5.41) is 9.73. The van der Waals surface area contributed by atoms with Gasteiger partial charge in [-0.05, 0) is 60.7 Å². The van der Waals surface area contributed by atoms with Crippen molar-refractivity contribution >= 4 is 33.6 Å². The lowest BCUT2D eigenvalue weighted by atomic mass is 9.96. The van der Waals surface area contributed by atoms with Crippen LogP contribution in [0.2, 0.25) is 0 Å². The summed E-state index contributed by atoms with van der Waals surface area (Å²) in [6.45, 7) is 2.45. The number of hydrogen-bond donors (Lipinski definition) is 1. The molecule has 190 valence electrons. The first-order chi connectivity index (χ1) is 16.1. The molecule has 5 nitrogen and oxygen atoms in total. The predicted octanol–water partition coefficient (Wildman–Crippen LogP) is 7.16. The molecule has 0 fully saturated rings. The molecule has 35 heavy (non-hydrogen) atoms. The van der Waals surface area contributed by atoms with E-state index in [2.05, 4.69) is 15.9 Å². The molecule has 1 heterocycles. The number of benzene rings is 2. The van der Waals surface area contributed by atoms with E-state index in [4.69, 9.17) is 0 Å². The topological polar surface area (TPSA) is 60.9 Å². The standard InChI is InChI=1S/C23H21BrF6N2O3/c1-12-18(24)6-5-17-19(4-3-7-31(20(12)17)21(34)35)32(13(2)33)11-14-8-15(22(25,26)27)10-16(9-14)23(28,29)30/h5-6,8-10,19H,3-4,7,11H2,1-2H3,(H,34,35). The van der Waals surface area contributed by atoms with E-state index < -0.39 is 48.1 Å². The van der Waals surface area contributed by atoms with Crippen LogP contribution in [-0.4, -0.2) is 28.6 Å². The van der Waals surface area contributed by atoms with E-state index in [1.54, 1.807) is 19.1 Å². The minimum Gasteiger partial charge on any atom is -0.465 e. The maximum absolute atomic E-state index is 13.3. The first-order valence-electron chi connectivity index (χ1n) is 10.5. The Hall–Kier alpha value is -2.76. The largest absolute Gasteiger partial charge is 0.465 e. The molecule has 1 N–H and O–H groups in total. The van der Waals surface area contributed by atoms with Gasteiger partial charge in [0, 0.05) is 24.5 Å². The molecule has 0 bridgehead atoms. The quantitative estimate of drug-likeness (QED) is 0.401. The number of fused-ring (bicyclic) bond motifs is 1. The van der Waals surface area contributed by atoms with E-state index in [-0.39, 0.29) is 24.6 Å². The Bertz CT molecular complexity index is 1120. The lowest BCUT2D eigenvalue weighted by molar-refractivity contribution is -0.143. The summed E-state index contributed by atoms with van der Waals surface area (Å²) in [4.78, 5) is 26.9. The van der Waals surface area contributed by atoms with E-state index >= 15 is 0 Å². The third kappa shape index (κ3) is 5.74. The van der Waals surface area contributed by atoms with Crippen molar-refractivity contribution < 1.29 is 41.0 Å². The average Bonchev–Trinajstić information content (AvgIpc) is 2.93. The number of rotatable bonds is 3. The lowest BCUT2D eigenvalue weighted by Gasteiger charge is -2.33. The zero-order chi connectivity index (χ0) is 26.3. The number of hydrogen-bond acceptors (Lipinski definition) is 2. The SMILES string of the molecule is CC(=O)N(Cc1cc(C(F)(F)F)cc(C(F)(F)F)c1)C1CCCN(C(=O)O)c2c1ccc(Br)c2C. The molecule has 1 aliphatic rings. The van der Waals surface area contributed by atoms with Gasteiger partial charge in [0.1, 0.15) is 0 Å². The van der Waals surface area contributed by atoms with E-state index in [1.807, 2.05) is 0 Å². The molecule has 0 saturated heterocycles. The number of amides is 2. The Morgan fingerprint density at radius 2 is 1.66 bits per heavy atom. The first kappa shape index (κ1) is 26.8. The van der Waals surface area contributed by atoms with Crippen molar-refractivity contribution in [3.8, 4) is 0 Å². The fourth-order valence-electron chi connectivity index (χ4n) is 4.30. The second kappa shape index (κ2) is 9.71.